The highest BCUT2D eigenvalue weighted by Crippen LogP contribution is 2.23. The summed E-state index contributed by atoms with van der Waals surface area (Å²) in [5, 5.41) is 11.9. The fraction of sp³-hybridized carbons (Fsp3) is 0.500. The molecule has 0 aliphatic heterocycles. The molecule has 0 aromatic heterocycles. The van der Waals surface area contributed by atoms with Gasteiger partial charge in [0.05, 0.1) is 11.6 Å². The van der Waals surface area contributed by atoms with Gasteiger partial charge in [-0.1, -0.05) is 26.0 Å². The minimum absolute atomic E-state index is 0.0987. The fourth-order valence-electron chi connectivity index (χ4n) is 1.93. The van der Waals surface area contributed by atoms with E-state index in [2.05, 4.69) is 5.32 Å². The third-order valence-electron chi connectivity index (χ3n) is 2.83. The normalized spacial score (nSPS) is 12.9. The van der Waals surface area contributed by atoms with E-state index in [0.29, 0.717) is 0 Å². The van der Waals surface area contributed by atoms with Crippen LogP contribution in [0.2, 0.25) is 0 Å². The molecule has 1 aromatic rings. The van der Waals surface area contributed by atoms with Crippen molar-refractivity contribution in [2.45, 2.75) is 46.3 Å². The summed E-state index contributed by atoms with van der Waals surface area (Å²) < 4.78 is 5.25. The number of hydrogen-bond acceptors (Lipinski definition) is 3. The zero-order valence-electron chi connectivity index (χ0n) is 13.1. The van der Waals surface area contributed by atoms with Gasteiger partial charge in [-0.25, -0.2) is 9.59 Å². The molecule has 0 heterocycles. The standard InChI is InChI=1S/C16H23NO4/c1-10(2)13(17-15(20)21-16(3,4)5)11-7-6-8-12(9-11)14(18)19/h6-10,13H,1-5H3,(H,17,20)(H,18,19). The first kappa shape index (κ1) is 17.0. The van der Waals surface area contributed by atoms with Gasteiger partial charge in [0.2, 0.25) is 0 Å². The lowest BCUT2D eigenvalue weighted by atomic mass is 9.95. The second-order valence-corrected chi connectivity index (χ2v) is 6.30. The Morgan fingerprint density at radius 1 is 1.24 bits per heavy atom. The molecule has 0 saturated heterocycles. The maximum absolute atomic E-state index is 11.9. The molecule has 0 fully saturated rings. The van der Waals surface area contributed by atoms with Crippen LogP contribution in [0.4, 0.5) is 4.79 Å². The number of nitrogens with one attached hydrogen (secondary N) is 1. The summed E-state index contributed by atoms with van der Waals surface area (Å²) >= 11 is 0. The Bertz CT molecular complexity index is 517. The molecule has 1 aromatic carbocycles. The Balaban J connectivity index is 2.95. The Kier molecular flexibility index (Phi) is 5.35. The molecule has 1 rings (SSSR count). The average Bonchev–Trinajstić information content (AvgIpc) is 2.33. The van der Waals surface area contributed by atoms with Crippen LogP contribution in [-0.2, 0) is 4.74 Å². The van der Waals surface area contributed by atoms with Crippen molar-refractivity contribution in [2.75, 3.05) is 0 Å². The van der Waals surface area contributed by atoms with Gasteiger partial charge in [0.25, 0.3) is 0 Å². The number of carbonyl (C=O) groups is 2. The van der Waals surface area contributed by atoms with E-state index in [4.69, 9.17) is 9.84 Å². The summed E-state index contributed by atoms with van der Waals surface area (Å²) in [6, 6.07) is 6.26. The monoisotopic (exact) mass is 293 g/mol. The lowest BCUT2D eigenvalue weighted by molar-refractivity contribution is 0.0489. The van der Waals surface area contributed by atoms with Gasteiger partial charge in [-0.2, -0.15) is 0 Å². The summed E-state index contributed by atoms with van der Waals surface area (Å²) in [5.41, 5.74) is 0.369. The second kappa shape index (κ2) is 6.61. The molecule has 0 bridgehead atoms. The van der Waals surface area contributed by atoms with Crippen LogP contribution in [0.5, 0.6) is 0 Å². The Morgan fingerprint density at radius 2 is 1.86 bits per heavy atom. The Morgan fingerprint density at radius 3 is 2.33 bits per heavy atom. The van der Waals surface area contributed by atoms with Crippen molar-refractivity contribution < 1.29 is 19.4 Å². The highest BCUT2D eigenvalue weighted by molar-refractivity contribution is 5.87. The van der Waals surface area contributed by atoms with Gasteiger partial charge in [0.1, 0.15) is 5.60 Å². The van der Waals surface area contributed by atoms with E-state index in [1.807, 2.05) is 13.8 Å². The van der Waals surface area contributed by atoms with Crippen molar-refractivity contribution in [3.05, 3.63) is 35.4 Å². The third-order valence-corrected chi connectivity index (χ3v) is 2.83. The average molecular weight is 293 g/mol. The van der Waals surface area contributed by atoms with Gasteiger partial charge in [-0.05, 0) is 44.4 Å². The fourth-order valence-corrected chi connectivity index (χ4v) is 1.93. The van der Waals surface area contributed by atoms with Crippen LogP contribution in [-0.4, -0.2) is 22.8 Å². The predicted octanol–water partition coefficient (Wildman–Crippen LogP) is 3.61. The lowest BCUT2D eigenvalue weighted by Crippen LogP contribution is -2.36. The predicted molar refractivity (Wildman–Crippen MR) is 80.4 cm³/mol. The van der Waals surface area contributed by atoms with Gasteiger partial charge in [-0.15, -0.1) is 0 Å². The third kappa shape index (κ3) is 5.45. The second-order valence-electron chi connectivity index (χ2n) is 6.30. The van der Waals surface area contributed by atoms with Crippen LogP contribution in [0.1, 0.15) is 56.6 Å². The molecular formula is C16H23NO4. The molecule has 21 heavy (non-hydrogen) atoms. The number of hydrogen-bond donors (Lipinski definition) is 2. The van der Waals surface area contributed by atoms with E-state index in [1.165, 1.54) is 6.07 Å². The van der Waals surface area contributed by atoms with E-state index >= 15 is 0 Å². The van der Waals surface area contributed by atoms with Crippen molar-refractivity contribution in [2.24, 2.45) is 5.92 Å². The van der Waals surface area contributed by atoms with Crippen molar-refractivity contribution in [3.63, 3.8) is 0 Å². The van der Waals surface area contributed by atoms with E-state index in [9.17, 15) is 9.59 Å². The van der Waals surface area contributed by atoms with Crippen LogP contribution in [0.15, 0.2) is 24.3 Å². The summed E-state index contributed by atoms with van der Waals surface area (Å²) in [5.74, 6) is -0.891. The van der Waals surface area contributed by atoms with E-state index in [1.54, 1.807) is 39.0 Å². The zero-order chi connectivity index (χ0) is 16.2. The van der Waals surface area contributed by atoms with Gasteiger partial charge in [0.15, 0.2) is 0 Å². The molecule has 0 aliphatic rings. The summed E-state index contributed by atoms with van der Waals surface area (Å²) in [6.07, 6.45) is -0.512. The largest absolute Gasteiger partial charge is 0.478 e. The highest BCUT2D eigenvalue weighted by Gasteiger charge is 2.23. The number of carbonyl (C=O) groups excluding carboxylic acids is 1. The highest BCUT2D eigenvalue weighted by atomic mass is 16.6. The molecule has 0 saturated carbocycles. The first-order chi connectivity index (χ1) is 9.60. The summed E-state index contributed by atoms with van der Waals surface area (Å²) in [6.45, 7) is 9.29. The van der Waals surface area contributed by atoms with Crippen molar-refractivity contribution in [1.82, 2.24) is 5.32 Å². The number of rotatable bonds is 4. The molecule has 5 heteroatoms. The molecule has 0 radical (unpaired) electrons. The Hall–Kier alpha value is -2.04. The van der Waals surface area contributed by atoms with Crippen LogP contribution in [0.25, 0.3) is 0 Å². The van der Waals surface area contributed by atoms with Gasteiger partial charge in [0, 0.05) is 0 Å². The minimum atomic E-state index is -0.989. The number of aromatic carboxylic acids is 1. The maximum Gasteiger partial charge on any atom is 0.408 e. The van der Waals surface area contributed by atoms with Crippen LogP contribution in [0, 0.1) is 5.92 Å². The molecule has 2 N–H and O–H groups in total. The molecule has 0 spiro atoms. The van der Waals surface area contributed by atoms with Crippen molar-refractivity contribution >= 4 is 12.1 Å². The molecular weight excluding hydrogens is 270 g/mol. The van der Waals surface area contributed by atoms with Crippen molar-refractivity contribution in [3.8, 4) is 0 Å². The maximum atomic E-state index is 11.9. The van der Waals surface area contributed by atoms with Crippen LogP contribution >= 0.6 is 0 Å². The number of alkyl carbamates (subject to hydrolysis) is 1. The van der Waals surface area contributed by atoms with E-state index < -0.39 is 17.7 Å². The quantitative estimate of drug-likeness (QED) is 0.889. The molecule has 1 amide bonds. The first-order valence-electron chi connectivity index (χ1n) is 6.93. The molecule has 5 nitrogen and oxygen atoms in total. The molecule has 0 aliphatic carbocycles. The van der Waals surface area contributed by atoms with Gasteiger partial charge >= 0.3 is 12.1 Å². The summed E-state index contributed by atoms with van der Waals surface area (Å²) in [4.78, 5) is 23.0. The number of carboxylic acid groups (broad SMARTS) is 1. The van der Waals surface area contributed by atoms with Crippen LogP contribution in [0.3, 0.4) is 0 Å². The zero-order valence-corrected chi connectivity index (χ0v) is 13.1. The number of ether oxygens (including phenoxy) is 1. The minimum Gasteiger partial charge on any atom is -0.478 e. The van der Waals surface area contributed by atoms with Gasteiger partial charge < -0.3 is 15.2 Å². The molecule has 116 valence electrons. The number of benzene rings is 1. The van der Waals surface area contributed by atoms with E-state index in [-0.39, 0.29) is 17.5 Å². The topological polar surface area (TPSA) is 75.6 Å². The Labute approximate surface area is 125 Å². The van der Waals surface area contributed by atoms with Gasteiger partial charge in [-0.3, -0.25) is 0 Å². The molecule has 1 unspecified atom stereocenters. The van der Waals surface area contributed by atoms with E-state index in [0.717, 1.165) is 5.56 Å². The first-order valence-corrected chi connectivity index (χ1v) is 6.93. The number of carboxylic acids is 1. The lowest BCUT2D eigenvalue weighted by Gasteiger charge is -2.26. The smallest absolute Gasteiger partial charge is 0.408 e. The SMILES string of the molecule is CC(C)C(NC(=O)OC(C)(C)C)c1cccc(C(=O)O)c1. The van der Waals surface area contributed by atoms with Crippen molar-refractivity contribution in [1.29, 1.82) is 0 Å². The number of amides is 1. The molecule has 1 atom stereocenters. The van der Waals surface area contributed by atoms with Crippen LogP contribution < -0.4 is 5.32 Å². The summed E-state index contributed by atoms with van der Waals surface area (Å²) in [7, 11) is 0.